The Kier molecular flexibility index (Phi) is 20.0. The molecule has 0 aliphatic carbocycles. The van der Waals surface area contributed by atoms with Crippen LogP contribution in [0.4, 0.5) is 0 Å². The third kappa shape index (κ3) is 21.8. The van der Waals surface area contributed by atoms with E-state index in [1.165, 1.54) is 27.8 Å². The van der Waals surface area contributed by atoms with E-state index < -0.39 is 0 Å². The lowest BCUT2D eigenvalue weighted by Crippen LogP contribution is -1.97. The molecule has 0 spiro atoms. The van der Waals surface area contributed by atoms with Crippen molar-refractivity contribution in [1.82, 2.24) is 15.0 Å². The van der Waals surface area contributed by atoms with Crippen molar-refractivity contribution in [2.75, 3.05) is 0 Å². The summed E-state index contributed by atoms with van der Waals surface area (Å²) in [5, 5.41) is 0. The van der Waals surface area contributed by atoms with Gasteiger partial charge >= 0.3 is 0 Å². The maximum absolute atomic E-state index is 4.01. The molecule has 6 rings (SSSR count). The molecular weight excluding hydrogens is 534 g/mol. The zero-order valence-electron chi connectivity index (χ0n) is 27.8. The molecule has 0 aliphatic rings. The van der Waals surface area contributed by atoms with Gasteiger partial charge in [-0.05, 0) is 55.4 Å². The van der Waals surface area contributed by atoms with E-state index in [0.717, 1.165) is 17.5 Å². The Morgan fingerprint density at radius 2 is 0.364 bits per heavy atom. The van der Waals surface area contributed by atoms with Crippen LogP contribution in [0.15, 0.2) is 152 Å². The molecule has 0 aliphatic heterocycles. The quantitative estimate of drug-likeness (QED) is 0.178. The Hall–Kier alpha value is -4.89. The van der Waals surface area contributed by atoms with Crippen LogP contribution in [0.1, 0.15) is 45.3 Å². The van der Waals surface area contributed by atoms with E-state index in [4.69, 9.17) is 0 Å². The number of hydrogen-bond donors (Lipinski definition) is 0. The van der Waals surface area contributed by atoms with E-state index in [2.05, 4.69) is 110 Å². The average Bonchev–Trinajstić information content (AvgIpc) is 3.00. The van der Waals surface area contributed by atoms with Crippen LogP contribution in [0.2, 0.25) is 0 Å². The summed E-state index contributed by atoms with van der Waals surface area (Å²) < 4.78 is 0. The summed E-state index contributed by atoms with van der Waals surface area (Å²) in [6, 6.07) is 51.3. The first kappa shape index (κ1) is 37.1. The van der Waals surface area contributed by atoms with Crippen molar-refractivity contribution in [1.29, 1.82) is 0 Å². The van der Waals surface area contributed by atoms with Crippen molar-refractivity contribution < 1.29 is 0 Å². The first-order valence-electron chi connectivity index (χ1n) is 14.9. The number of aryl methyl sites for hydroxylation is 8. The van der Waals surface area contributed by atoms with Gasteiger partial charge in [0.1, 0.15) is 17.5 Å². The molecule has 0 fully saturated rings. The Bertz CT molecular complexity index is 1220. The molecule has 228 valence electrons. The molecular formula is C41H49N3. The molecule has 0 unspecified atom stereocenters. The highest BCUT2D eigenvalue weighted by Gasteiger charge is 1.91. The molecule has 0 amide bonds. The number of rotatable bonds is 0. The van der Waals surface area contributed by atoms with Gasteiger partial charge in [-0.15, -0.1) is 0 Å². The molecule has 0 N–H and O–H groups in total. The fourth-order valence-corrected chi connectivity index (χ4v) is 3.45. The SMILES string of the molecule is Cc1ccccc1.Cc1ccccc1.Cc1ccccc1.Cc1ccccc1.Cc1ccccc1.Cc1nc(C)nc(C)n1. The summed E-state index contributed by atoms with van der Waals surface area (Å²) in [6.07, 6.45) is 0. The molecule has 0 saturated carbocycles. The second-order valence-corrected chi connectivity index (χ2v) is 10.3. The van der Waals surface area contributed by atoms with Gasteiger partial charge in [-0.3, -0.25) is 0 Å². The van der Waals surface area contributed by atoms with Crippen molar-refractivity contribution in [2.45, 2.75) is 55.4 Å². The number of hydrogen-bond acceptors (Lipinski definition) is 3. The van der Waals surface area contributed by atoms with Crippen LogP contribution in [0.25, 0.3) is 0 Å². The standard InChI is InChI=1S/5C7H8.C6H9N3/c5*1-7-5-3-2-4-6-7;1-4-7-5(2)9-6(3)8-4/h5*2-6H,1H3;1-3H3. The predicted octanol–water partition coefficient (Wildman–Crippen LogP) is 10.8. The Labute approximate surface area is 266 Å². The van der Waals surface area contributed by atoms with Crippen molar-refractivity contribution in [3.63, 3.8) is 0 Å². The van der Waals surface area contributed by atoms with E-state index in [9.17, 15) is 0 Å². The normalized spacial score (nSPS) is 8.91. The first-order valence-corrected chi connectivity index (χ1v) is 14.9. The van der Waals surface area contributed by atoms with Crippen molar-refractivity contribution in [3.8, 4) is 0 Å². The molecule has 0 saturated heterocycles. The maximum Gasteiger partial charge on any atom is 0.129 e. The highest BCUT2D eigenvalue weighted by Crippen LogP contribution is 1.95. The van der Waals surface area contributed by atoms with Crippen molar-refractivity contribution in [3.05, 3.63) is 197 Å². The van der Waals surface area contributed by atoms with Gasteiger partial charge in [0.2, 0.25) is 0 Å². The van der Waals surface area contributed by atoms with Crippen LogP contribution in [-0.4, -0.2) is 15.0 Å². The van der Waals surface area contributed by atoms with Gasteiger partial charge in [0, 0.05) is 0 Å². The van der Waals surface area contributed by atoms with Crippen LogP contribution in [0, 0.1) is 55.4 Å². The summed E-state index contributed by atoms with van der Waals surface area (Å²) in [6.45, 7) is 16.0. The molecule has 1 heterocycles. The largest absolute Gasteiger partial charge is 0.219 e. The molecule has 6 aromatic rings. The van der Waals surface area contributed by atoms with Gasteiger partial charge in [0.25, 0.3) is 0 Å². The van der Waals surface area contributed by atoms with Crippen molar-refractivity contribution >= 4 is 0 Å². The van der Waals surface area contributed by atoms with Gasteiger partial charge in [-0.1, -0.05) is 179 Å². The van der Waals surface area contributed by atoms with E-state index >= 15 is 0 Å². The summed E-state index contributed by atoms with van der Waals surface area (Å²) in [7, 11) is 0. The number of aromatic nitrogens is 3. The van der Waals surface area contributed by atoms with E-state index in [0.29, 0.717) is 0 Å². The number of nitrogens with zero attached hydrogens (tertiary/aromatic N) is 3. The Balaban J connectivity index is 0.000000265. The van der Waals surface area contributed by atoms with Crippen LogP contribution in [-0.2, 0) is 0 Å². The maximum atomic E-state index is 4.01. The van der Waals surface area contributed by atoms with E-state index in [1.54, 1.807) is 0 Å². The summed E-state index contributed by atoms with van der Waals surface area (Å²) >= 11 is 0. The minimum Gasteiger partial charge on any atom is -0.219 e. The molecule has 5 aromatic carbocycles. The van der Waals surface area contributed by atoms with Gasteiger partial charge in [0.15, 0.2) is 0 Å². The van der Waals surface area contributed by atoms with E-state index in [-0.39, 0.29) is 0 Å². The van der Waals surface area contributed by atoms with Gasteiger partial charge in [-0.25, -0.2) is 15.0 Å². The highest BCUT2D eigenvalue weighted by molar-refractivity contribution is 5.14. The predicted molar refractivity (Wildman–Crippen MR) is 190 cm³/mol. The molecule has 0 radical (unpaired) electrons. The molecule has 3 heteroatoms. The van der Waals surface area contributed by atoms with Crippen LogP contribution in [0.5, 0.6) is 0 Å². The minimum atomic E-state index is 0.792. The molecule has 3 nitrogen and oxygen atoms in total. The third-order valence-electron chi connectivity index (χ3n) is 5.67. The molecule has 1 aromatic heterocycles. The monoisotopic (exact) mass is 583 g/mol. The highest BCUT2D eigenvalue weighted by atomic mass is 15.0. The van der Waals surface area contributed by atoms with Crippen molar-refractivity contribution in [2.24, 2.45) is 0 Å². The van der Waals surface area contributed by atoms with Gasteiger partial charge in [-0.2, -0.15) is 0 Å². The minimum absolute atomic E-state index is 0.792. The topological polar surface area (TPSA) is 38.7 Å². The lowest BCUT2D eigenvalue weighted by atomic mass is 10.2. The smallest absolute Gasteiger partial charge is 0.129 e. The summed E-state index contributed by atoms with van der Waals surface area (Å²) in [5.74, 6) is 2.38. The zero-order valence-corrected chi connectivity index (χ0v) is 27.8. The van der Waals surface area contributed by atoms with E-state index in [1.807, 2.05) is 112 Å². The first-order chi connectivity index (χ1) is 21.2. The Morgan fingerprint density at radius 1 is 0.227 bits per heavy atom. The molecule has 0 atom stereocenters. The zero-order chi connectivity index (χ0) is 32.4. The Morgan fingerprint density at radius 3 is 0.455 bits per heavy atom. The van der Waals surface area contributed by atoms with Gasteiger partial charge in [0.05, 0.1) is 0 Å². The second kappa shape index (κ2) is 23.6. The lowest BCUT2D eigenvalue weighted by molar-refractivity contribution is 0.875. The molecule has 44 heavy (non-hydrogen) atoms. The average molecular weight is 584 g/mol. The van der Waals surface area contributed by atoms with Crippen LogP contribution < -0.4 is 0 Å². The second-order valence-electron chi connectivity index (χ2n) is 10.3. The lowest BCUT2D eigenvalue weighted by Gasteiger charge is -1.94. The van der Waals surface area contributed by atoms with Crippen LogP contribution >= 0.6 is 0 Å². The summed E-state index contributed by atoms with van der Waals surface area (Å²) in [5.41, 5.74) is 6.61. The third-order valence-corrected chi connectivity index (χ3v) is 5.67. The fourth-order valence-electron chi connectivity index (χ4n) is 3.45. The number of benzene rings is 5. The summed E-state index contributed by atoms with van der Waals surface area (Å²) in [4.78, 5) is 12.0. The molecule has 0 bridgehead atoms. The fraction of sp³-hybridized carbons (Fsp3) is 0.195. The van der Waals surface area contributed by atoms with Gasteiger partial charge < -0.3 is 0 Å². The van der Waals surface area contributed by atoms with Crippen LogP contribution in [0.3, 0.4) is 0 Å².